The maximum absolute atomic E-state index is 10.6. The fraction of sp³-hybridized carbons (Fsp3) is 0.714. The van der Waals surface area contributed by atoms with Gasteiger partial charge in [-0.25, -0.2) is 4.79 Å². The van der Waals surface area contributed by atoms with Gasteiger partial charge >= 0.3 is 11.9 Å². The van der Waals surface area contributed by atoms with Gasteiger partial charge in [-0.05, 0) is 6.42 Å². The van der Waals surface area contributed by atoms with Crippen LogP contribution in [-0.2, 0) is 14.3 Å². The maximum Gasteiger partial charge on any atom is 0.345 e. The van der Waals surface area contributed by atoms with Crippen LogP contribution >= 0.6 is 0 Å². The lowest BCUT2D eigenvalue weighted by Crippen LogP contribution is -2.28. The summed E-state index contributed by atoms with van der Waals surface area (Å²) in [5.74, 6) is -1.79. The lowest BCUT2D eigenvalue weighted by Gasteiger charge is -2.05. The molecule has 0 heterocycles. The zero-order valence-electron chi connectivity index (χ0n) is 7.32. The number of hydrogen-bond donors (Lipinski definition) is 2. The average molecular weight is 194 g/mol. The molecule has 1 atom stereocenters. The van der Waals surface area contributed by atoms with E-state index in [1.54, 1.807) is 6.92 Å². The van der Waals surface area contributed by atoms with Crippen LogP contribution in [0.5, 0.6) is 0 Å². The highest BCUT2D eigenvalue weighted by molar-refractivity contribution is 5.87. The van der Waals surface area contributed by atoms with Gasteiger partial charge in [0.2, 0.25) is 0 Å². The zero-order valence-corrected chi connectivity index (χ0v) is 7.32. The van der Waals surface area contributed by atoms with Gasteiger partial charge in [0.15, 0.2) is 6.10 Å². The molecule has 0 rings (SSSR count). The van der Waals surface area contributed by atoms with Crippen LogP contribution in [0.4, 0.5) is 0 Å². The van der Waals surface area contributed by atoms with E-state index in [1.165, 1.54) is 0 Å². The van der Waals surface area contributed by atoms with E-state index in [9.17, 15) is 9.59 Å². The van der Waals surface area contributed by atoms with Crippen molar-refractivity contribution in [2.24, 2.45) is 0 Å². The molecule has 0 amide bonds. The average Bonchev–Trinajstić information content (AvgIpc) is 2.03. The maximum atomic E-state index is 10.6. The molecule has 13 heavy (non-hydrogen) atoms. The first-order valence-corrected chi connectivity index (χ1v) is 3.65. The summed E-state index contributed by atoms with van der Waals surface area (Å²) in [5.41, 5.74) is 0. The van der Waals surface area contributed by atoms with Crippen molar-refractivity contribution in [2.45, 2.75) is 25.9 Å². The molecule has 0 spiro atoms. The Labute approximate surface area is 75.4 Å². The van der Waals surface area contributed by atoms with Crippen molar-refractivity contribution in [3.8, 4) is 0 Å². The van der Waals surface area contributed by atoms with Crippen LogP contribution in [0, 0.1) is 0 Å². The van der Waals surface area contributed by atoms with E-state index in [0.29, 0.717) is 6.42 Å². The van der Waals surface area contributed by atoms with E-state index in [-0.39, 0.29) is 11.9 Å². The van der Waals surface area contributed by atoms with Crippen molar-refractivity contribution >= 4 is 11.9 Å². The molecule has 6 nitrogen and oxygen atoms in total. The molecule has 0 aromatic rings. The minimum Gasteiger partial charge on any atom is -0.412 e. The third-order valence-corrected chi connectivity index (χ3v) is 1.11. The molecule has 0 aliphatic heterocycles. The van der Waals surface area contributed by atoms with E-state index in [4.69, 9.17) is 10.2 Å². The molecule has 0 aromatic heterocycles. The summed E-state index contributed by atoms with van der Waals surface area (Å²) in [6, 6.07) is 0. The predicted octanol–water partition coefficient (Wildman–Crippen LogP) is -1.62. The van der Waals surface area contributed by atoms with Crippen molar-refractivity contribution in [3.05, 3.63) is 0 Å². The fourth-order valence-electron chi connectivity index (χ4n) is 0.510. The highest BCUT2D eigenvalue weighted by atomic mass is 16.6. The van der Waals surface area contributed by atoms with Gasteiger partial charge < -0.3 is 20.4 Å². The van der Waals surface area contributed by atoms with Crippen LogP contribution in [0.25, 0.3) is 0 Å². The molecular formula is C7H14O6. The Balaban J connectivity index is 0. The summed E-state index contributed by atoms with van der Waals surface area (Å²) in [4.78, 5) is 21.2. The van der Waals surface area contributed by atoms with Gasteiger partial charge in [-0.1, -0.05) is 6.92 Å². The smallest absolute Gasteiger partial charge is 0.345 e. The quantitative estimate of drug-likeness (QED) is 0.412. The van der Waals surface area contributed by atoms with Crippen molar-refractivity contribution in [2.75, 3.05) is 6.61 Å². The van der Waals surface area contributed by atoms with Crippen LogP contribution in [0.2, 0.25) is 0 Å². The third-order valence-electron chi connectivity index (χ3n) is 1.11. The second kappa shape index (κ2) is 7.66. The Morgan fingerprint density at radius 2 is 2.00 bits per heavy atom. The van der Waals surface area contributed by atoms with E-state index in [2.05, 4.69) is 4.74 Å². The molecule has 0 bridgehead atoms. The summed E-state index contributed by atoms with van der Waals surface area (Å²) < 4.78 is 4.16. The van der Waals surface area contributed by atoms with Crippen molar-refractivity contribution < 1.29 is 30.0 Å². The number of carbonyl (C=O) groups is 2. The number of aliphatic hydroxyl groups excluding tert-OH is 2. The minimum absolute atomic E-state index is 0. The molecule has 0 saturated heterocycles. The number of hydrogen-bond acceptors (Lipinski definition) is 5. The molecule has 0 radical (unpaired) electrons. The van der Waals surface area contributed by atoms with Gasteiger partial charge in [-0.3, -0.25) is 4.79 Å². The van der Waals surface area contributed by atoms with Crippen molar-refractivity contribution in [1.29, 1.82) is 0 Å². The highest BCUT2D eigenvalue weighted by Crippen LogP contribution is 1.94. The standard InChI is InChI=1S/C7H12O5.H2O/c1-2-3-6(10)12-7(11)5(9)4-8;/h5,8-9H,2-4H2,1H3;1H2. The second-order valence-electron chi connectivity index (χ2n) is 2.24. The number of esters is 2. The molecule has 0 fully saturated rings. The molecule has 1 unspecified atom stereocenters. The topological polar surface area (TPSA) is 115 Å². The molecule has 0 aromatic carbocycles. The SMILES string of the molecule is CCCC(=O)OC(=O)C(O)CO.O. The lowest BCUT2D eigenvalue weighted by atomic mass is 10.3. The van der Waals surface area contributed by atoms with Crippen molar-refractivity contribution in [1.82, 2.24) is 0 Å². The van der Waals surface area contributed by atoms with Crippen LogP contribution in [0.1, 0.15) is 19.8 Å². The second-order valence-corrected chi connectivity index (χ2v) is 2.24. The normalized spacial score (nSPS) is 11.3. The Hall–Kier alpha value is -0.980. The molecule has 4 N–H and O–H groups in total. The van der Waals surface area contributed by atoms with Crippen molar-refractivity contribution in [3.63, 3.8) is 0 Å². The van der Waals surface area contributed by atoms with Crippen LogP contribution in [0.15, 0.2) is 0 Å². The summed E-state index contributed by atoms with van der Waals surface area (Å²) in [5, 5.41) is 17.0. The Bertz CT molecular complexity index is 166. The molecule has 78 valence electrons. The monoisotopic (exact) mass is 194 g/mol. The first-order valence-electron chi connectivity index (χ1n) is 3.65. The fourth-order valence-corrected chi connectivity index (χ4v) is 0.510. The number of ether oxygens (including phenoxy) is 1. The lowest BCUT2D eigenvalue weighted by molar-refractivity contribution is -0.167. The van der Waals surface area contributed by atoms with E-state index < -0.39 is 24.6 Å². The van der Waals surface area contributed by atoms with Gasteiger partial charge in [-0.15, -0.1) is 0 Å². The van der Waals surface area contributed by atoms with Gasteiger partial charge in [0.1, 0.15) is 0 Å². The van der Waals surface area contributed by atoms with Gasteiger partial charge in [0.05, 0.1) is 6.61 Å². The highest BCUT2D eigenvalue weighted by Gasteiger charge is 2.18. The zero-order chi connectivity index (χ0) is 9.56. The molecule has 0 aliphatic rings. The first kappa shape index (κ1) is 14.5. The van der Waals surface area contributed by atoms with Gasteiger partial charge in [-0.2, -0.15) is 0 Å². The number of carbonyl (C=O) groups excluding carboxylic acids is 2. The summed E-state index contributed by atoms with van der Waals surface area (Å²) in [6.45, 7) is 1.02. The predicted molar refractivity (Wildman–Crippen MR) is 42.7 cm³/mol. The molecular weight excluding hydrogens is 180 g/mol. The summed E-state index contributed by atoms with van der Waals surface area (Å²) >= 11 is 0. The number of rotatable bonds is 4. The first-order chi connectivity index (χ1) is 5.61. The Kier molecular flexibility index (Phi) is 8.56. The van der Waals surface area contributed by atoms with Crippen LogP contribution < -0.4 is 0 Å². The largest absolute Gasteiger partial charge is 0.412 e. The molecule has 0 saturated carbocycles. The Morgan fingerprint density at radius 1 is 1.46 bits per heavy atom. The van der Waals surface area contributed by atoms with E-state index >= 15 is 0 Å². The minimum atomic E-state index is -1.62. The summed E-state index contributed by atoms with van der Waals surface area (Å²) in [7, 11) is 0. The van der Waals surface area contributed by atoms with Gasteiger partial charge in [0, 0.05) is 6.42 Å². The molecule has 6 heteroatoms. The number of aliphatic hydroxyl groups is 2. The van der Waals surface area contributed by atoms with Crippen LogP contribution in [0.3, 0.4) is 0 Å². The van der Waals surface area contributed by atoms with Crippen LogP contribution in [-0.4, -0.2) is 40.3 Å². The molecule has 0 aliphatic carbocycles. The van der Waals surface area contributed by atoms with E-state index in [0.717, 1.165) is 0 Å². The van der Waals surface area contributed by atoms with E-state index in [1.807, 2.05) is 0 Å². The third kappa shape index (κ3) is 6.21. The Morgan fingerprint density at radius 3 is 2.38 bits per heavy atom. The van der Waals surface area contributed by atoms with Gasteiger partial charge in [0.25, 0.3) is 0 Å². The summed E-state index contributed by atoms with van der Waals surface area (Å²) in [6.07, 6.45) is -0.920.